The minimum absolute atomic E-state index is 0.0395. The SMILES string of the molecule is CC=CCc1sccc1C(OC)c1ccccc1. The summed E-state index contributed by atoms with van der Waals surface area (Å²) in [5, 5.41) is 2.14. The number of rotatable bonds is 5. The second-order valence-electron chi connectivity index (χ2n) is 4.10. The molecule has 1 aromatic carbocycles. The summed E-state index contributed by atoms with van der Waals surface area (Å²) in [5.74, 6) is 0. The zero-order valence-electron chi connectivity index (χ0n) is 10.8. The quantitative estimate of drug-likeness (QED) is 0.712. The Balaban J connectivity index is 2.31. The van der Waals surface area contributed by atoms with Crippen LogP contribution in [0.1, 0.15) is 29.0 Å². The Hall–Kier alpha value is -1.38. The highest BCUT2D eigenvalue weighted by Gasteiger charge is 2.17. The summed E-state index contributed by atoms with van der Waals surface area (Å²) in [4.78, 5) is 1.38. The van der Waals surface area contributed by atoms with Gasteiger partial charge < -0.3 is 4.74 Å². The number of hydrogen-bond acceptors (Lipinski definition) is 2. The van der Waals surface area contributed by atoms with E-state index in [-0.39, 0.29) is 6.10 Å². The highest BCUT2D eigenvalue weighted by molar-refractivity contribution is 7.10. The lowest BCUT2D eigenvalue weighted by atomic mass is 10.0. The molecule has 2 aromatic rings. The summed E-state index contributed by atoms with van der Waals surface area (Å²) in [6.45, 7) is 2.05. The van der Waals surface area contributed by atoms with Crippen molar-refractivity contribution in [2.75, 3.05) is 7.11 Å². The van der Waals surface area contributed by atoms with Gasteiger partial charge >= 0.3 is 0 Å². The third-order valence-electron chi connectivity index (χ3n) is 2.94. The van der Waals surface area contributed by atoms with Crippen LogP contribution in [0.15, 0.2) is 53.9 Å². The van der Waals surface area contributed by atoms with E-state index in [4.69, 9.17) is 4.74 Å². The maximum Gasteiger partial charge on any atom is 0.108 e. The first-order chi connectivity index (χ1) is 8.86. The number of thiophene rings is 1. The van der Waals surface area contributed by atoms with E-state index in [9.17, 15) is 0 Å². The molecule has 0 radical (unpaired) electrons. The average molecular weight is 258 g/mol. The van der Waals surface area contributed by atoms with Crippen molar-refractivity contribution in [3.63, 3.8) is 0 Å². The number of ether oxygens (including phenoxy) is 1. The van der Waals surface area contributed by atoms with Gasteiger partial charge in [-0.25, -0.2) is 0 Å². The molecule has 2 heteroatoms. The van der Waals surface area contributed by atoms with Crippen LogP contribution in [0.25, 0.3) is 0 Å². The first-order valence-electron chi connectivity index (χ1n) is 6.12. The Morgan fingerprint density at radius 1 is 1.22 bits per heavy atom. The lowest BCUT2D eigenvalue weighted by Crippen LogP contribution is -2.04. The lowest BCUT2D eigenvalue weighted by Gasteiger charge is -2.16. The molecule has 0 saturated heterocycles. The van der Waals surface area contributed by atoms with Crippen molar-refractivity contribution in [1.82, 2.24) is 0 Å². The van der Waals surface area contributed by atoms with Gasteiger partial charge in [0.25, 0.3) is 0 Å². The molecule has 1 unspecified atom stereocenters. The predicted molar refractivity (Wildman–Crippen MR) is 78.1 cm³/mol. The van der Waals surface area contributed by atoms with Gasteiger partial charge in [-0.15, -0.1) is 11.3 Å². The average Bonchev–Trinajstić information content (AvgIpc) is 2.87. The molecule has 0 N–H and O–H groups in total. The molecule has 0 amide bonds. The van der Waals surface area contributed by atoms with Gasteiger partial charge in [0, 0.05) is 18.4 Å². The number of hydrogen-bond donors (Lipinski definition) is 0. The third kappa shape index (κ3) is 2.89. The van der Waals surface area contributed by atoms with Gasteiger partial charge in [0.2, 0.25) is 0 Å². The van der Waals surface area contributed by atoms with Crippen LogP contribution < -0.4 is 0 Å². The van der Waals surface area contributed by atoms with Gasteiger partial charge in [-0.3, -0.25) is 0 Å². The van der Waals surface area contributed by atoms with Crippen molar-refractivity contribution in [3.05, 3.63) is 69.9 Å². The maximum absolute atomic E-state index is 5.68. The van der Waals surface area contributed by atoms with Crippen molar-refractivity contribution >= 4 is 11.3 Å². The molecular formula is C16H18OS. The van der Waals surface area contributed by atoms with Crippen LogP contribution in [0.2, 0.25) is 0 Å². The minimum atomic E-state index is 0.0395. The molecule has 0 fully saturated rings. The molecule has 0 aliphatic rings. The molecule has 0 spiro atoms. The van der Waals surface area contributed by atoms with Crippen molar-refractivity contribution in [2.45, 2.75) is 19.4 Å². The van der Waals surface area contributed by atoms with E-state index in [1.807, 2.05) is 6.07 Å². The zero-order chi connectivity index (χ0) is 12.8. The summed E-state index contributed by atoms with van der Waals surface area (Å²) >= 11 is 1.80. The minimum Gasteiger partial charge on any atom is -0.372 e. The second kappa shape index (κ2) is 6.53. The molecule has 2 rings (SSSR count). The van der Waals surface area contributed by atoms with E-state index in [0.717, 1.165) is 6.42 Å². The van der Waals surface area contributed by atoms with Crippen LogP contribution in [-0.4, -0.2) is 7.11 Å². The van der Waals surface area contributed by atoms with Crippen molar-refractivity contribution < 1.29 is 4.74 Å². The fraction of sp³-hybridized carbons (Fsp3) is 0.250. The van der Waals surface area contributed by atoms with E-state index in [0.29, 0.717) is 0 Å². The van der Waals surface area contributed by atoms with E-state index in [2.05, 4.69) is 54.8 Å². The first-order valence-corrected chi connectivity index (χ1v) is 7.00. The fourth-order valence-electron chi connectivity index (χ4n) is 2.05. The molecule has 94 valence electrons. The first kappa shape index (κ1) is 13.1. The molecule has 18 heavy (non-hydrogen) atoms. The predicted octanol–water partition coefficient (Wildman–Crippen LogP) is 4.60. The molecule has 1 heterocycles. The Bertz CT molecular complexity index is 499. The van der Waals surface area contributed by atoms with Gasteiger partial charge in [0.15, 0.2) is 0 Å². The number of methoxy groups -OCH3 is 1. The summed E-state index contributed by atoms with van der Waals surface area (Å²) in [5.41, 5.74) is 2.49. The topological polar surface area (TPSA) is 9.23 Å². The normalized spacial score (nSPS) is 13.0. The molecular weight excluding hydrogens is 240 g/mol. The molecule has 1 aromatic heterocycles. The van der Waals surface area contributed by atoms with E-state index >= 15 is 0 Å². The smallest absolute Gasteiger partial charge is 0.108 e. The Labute approximate surface area is 113 Å². The van der Waals surface area contributed by atoms with Crippen LogP contribution in [0, 0.1) is 0 Å². The van der Waals surface area contributed by atoms with Crippen LogP contribution in [0.4, 0.5) is 0 Å². The summed E-state index contributed by atoms with van der Waals surface area (Å²) in [6.07, 6.45) is 5.30. The zero-order valence-corrected chi connectivity index (χ0v) is 11.6. The second-order valence-corrected chi connectivity index (χ2v) is 5.10. The van der Waals surface area contributed by atoms with Crippen molar-refractivity contribution in [1.29, 1.82) is 0 Å². The van der Waals surface area contributed by atoms with Crippen LogP contribution in [0.5, 0.6) is 0 Å². The molecule has 0 aliphatic carbocycles. The van der Waals surface area contributed by atoms with Gasteiger partial charge in [0.05, 0.1) is 0 Å². The highest BCUT2D eigenvalue weighted by atomic mass is 32.1. The van der Waals surface area contributed by atoms with E-state index in [1.54, 1.807) is 18.4 Å². The Morgan fingerprint density at radius 3 is 2.67 bits per heavy atom. The molecule has 1 nitrogen and oxygen atoms in total. The molecule has 0 saturated carbocycles. The molecule has 1 atom stereocenters. The number of allylic oxidation sites excluding steroid dienone is 2. The third-order valence-corrected chi connectivity index (χ3v) is 3.90. The largest absolute Gasteiger partial charge is 0.372 e. The molecule has 0 aliphatic heterocycles. The van der Waals surface area contributed by atoms with Crippen molar-refractivity contribution in [2.24, 2.45) is 0 Å². The van der Waals surface area contributed by atoms with Gasteiger partial charge in [-0.1, -0.05) is 42.5 Å². The van der Waals surface area contributed by atoms with Gasteiger partial charge in [0.1, 0.15) is 6.10 Å². The van der Waals surface area contributed by atoms with Crippen LogP contribution in [0.3, 0.4) is 0 Å². The summed E-state index contributed by atoms with van der Waals surface area (Å²) in [7, 11) is 1.77. The fourth-order valence-corrected chi connectivity index (χ4v) is 2.93. The van der Waals surface area contributed by atoms with Crippen LogP contribution >= 0.6 is 11.3 Å². The highest BCUT2D eigenvalue weighted by Crippen LogP contribution is 2.31. The lowest BCUT2D eigenvalue weighted by molar-refractivity contribution is 0.136. The van der Waals surface area contributed by atoms with Gasteiger partial charge in [-0.2, -0.15) is 0 Å². The van der Waals surface area contributed by atoms with Crippen molar-refractivity contribution in [3.8, 4) is 0 Å². The van der Waals surface area contributed by atoms with Crippen LogP contribution in [-0.2, 0) is 11.2 Å². The Morgan fingerprint density at radius 2 is 2.00 bits per heavy atom. The summed E-state index contributed by atoms with van der Waals surface area (Å²) < 4.78 is 5.68. The molecule has 0 bridgehead atoms. The van der Waals surface area contributed by atoms with Gasteiger partial charge in [-0.05, 0) is 29.5 Å². The summed E-state index contributed by atoms with van der Waals surface area (Å²) in [6, 6.07) is 12.5. The van der Waals surface area contributed by atoms with E-state index in [1.165, 1.54) is 16.0 Å². The standard InChI is InChI=1S/C16H18OS/c1-3-4-10-15-14(11-12-18-15)16(17-2)13-8-6-5-7-9-13/h3-9,11-12,16H,10H2,1-2H3. The monoisotopic (exact) mass is 258 g/mol. The van der Waals surface area contributed by atoms with E-state index < -0.39 is 0 Å². The maximum atomic E-state index is 5.68. The number of benzene rings is 1. The Kier molecular flexibility index (Phi) is 4.73.